The predicted octanol–water partition coefficient (Wildman–Crippen LogP) is 3.17. The van der Waals surface area contributed by atoms with Gasteiger partial charge in [-0.05, 0) is 52.6 Å². The monoisotopic (exact) mass is 227 g/mol. The Morgan fingerprint density at radius 3 is 2.19 bits per heavy atom. The van der Waals surface area contributed by atoms with Crippen LogP contribution in [0.15, 0.2) is 0 Å². The summed E-state index contributed by atoms with van der Waals surface area (Å²) in [4.78, 5) is 2.18. The first-order chi connectivity index (χ1) is 7.42. The fourth-order valence-electron chi connectivity index (χ4n) is 2.56. The van der Waals surface area contributed by atoms with Crippen LogP contribution in [0, 0.1) is 11.8 Å². The van der Waals surface area contributed by atoms with Crippen LogP contribution in [0.2, 0.25) is 0 Å². The molecule has 0 aromatic carbocycles. The standard InChI is InChI=1S/C14H29NO/c1-12-6-8-13(9-7-12)14(2,3)16-11-10-15(4)5/h12-13H,6-11H2,1-5H3. The van der Waals surface area contributed by atoms with E-state index in [1.807, 2.05) is 0 Å². The van der Waals surface area contributed by atoms with E-state index >= 15 is 0 Å². The van der Waals surface area contributed by atoms with Crippen LogP contribution >= 0.6 is 0 Å². The lowest BCUT2D eigenvalue weighted by atomic mass is 9.75. The van der Waals surface area contributed by atoms with Crippen LogP contribution in [0.4, 0.5) is 0 Å². The predicted molar refractivity (Wildman–Crippen MR) is 69.7 cm³/mol. The summed E-state index contributed by atoms with van der Waals surface area (Å²) in [6.45, 7) is 8.78. The van der Waals surface area contributed by atoms with Gasteiger partial charge in [-0.1, -0.05) is 19.8 Å². The van der Waals surface area contributed by atoms with Gasteiger partial charge in [-0.25, -0.2) is 0 Å². The minimum absolute atomic E-state index is 0.0656. The van der Waals surface area contributed by atoms with Gasteiger partial charge in [0.05, 0.1) is 12.2 Å². The molecule has 0 saturated heterocycles. The van der Waals surface area contributed by atoms with Gasteiger partial charge >= 0.3 is 0 Å². The Balaban J connectivity index is 2.32. The molecule has 1 aliphatic rings. The molecule has 0 heterocycles. The van der Waals surface area contributed by atoms with E-state index < -0.39 is 0 Å². The third-order valence-electron chi connectivity index (χ3n) is 4.01. The van der Waals surface area contributed by atoms with Crippen molar-refractivity contribution in [2.24, 2.45) is 11.8 Å². The molecule has 1 saturated carbocycles. The highest BCUT2D eigenvalue weighted by Crippen LogP contribution is 2.36. The Bertz CT molecular complexity index is 193. The van der Waals surface area contributed by atoms with E-state index in [0.717, 1.165) is 25.0 Å². The van der Waals surface area contributed by atoms with Gasteiger partial charge in [-0.3, -0.25) is 0 Å². The summed E-state index contributed by atoms with van der Waals surface area (Å²) in [7, 11) is 4.19. The summed E-state index contributed by atoms with van der Waals surface area (Å²) in [6.07, 6.45) is 5.45. The number of ether oxygens (including phenoxy) is 1. The average Bonchev–Trinajstić information content (AvgIpc) is 2.17. The van der Waals surface area contributed by atoms with E-state index in [9.17, 15) is 0 Å². The number of likely N-dealkylation sites (N-methyl/N-ethyl adjacent to an activating group) is 1. The first-order valence-corrected chi connectivity index (χ1v) is 6.70. The zero-order valence-corrected chi connectivity index (χ0v) is 11.8. The van der Waals surface area contributed by atoms with Crippen LogP contribution in [-0.4, -0.2) is 37.7 Å². The van der Waals surface area contributed by atoms with Gasteiger partial charge in [0, 0.05) is 6.54 Å². The van der Waals surface area contributed by atoms with Gasteiger partial charge in [0.1, 0.15) is 0 Å². The highest BCUT2D eigenvalue weighted by Gasteiger charge is 2.32. The first kappa shape index (κ1) is 14.0. The molecule has 0 N–H and O–H groups in total. The Labute approximate surface area is 101 Å². The zero-order chi connectivity index (χ0) is 12.2. The maximum absolute atomic E-state index is 6.07. The molecular formula is C14H29NO. The van der Waals surface area contributed by atoms with Crippen molar-refractivity contribution in [3.05, 3.63) is 0 Å². The molecule has 0 aliphatic heterocycles. The van der Waals surface area contributed by atoms with Gasteiger partial charge in [0.15, 0.2) is 0 Å². The summed E-state index contributed by atoms with van der Waals surface area (Å²) in [6, 6.07) is 0. The molecule has 2 heteroatoms. The van der Waals surface area contributed by atoms with Crippen molar-refractivity contribution in [2.75, 3.05) is 27.2 Å². The van der Waals surface area contributed by atoms with Crippen LogP contribution in [0.25, 0.3) is 0 Å². The van der Waals surface area contributed by atoms with Crippen molar-refractivity contribution < 1.29 is 4.74 Å². The topological polar surface area (TPSA) is 12.5 Å². The van der Waals surface area contributed by atoms with Crippen LogP contribution in [-0.2, 0) is 4.74 Å². The summed E-state index contributed by atoms with van der Waals surface area (Å²) >= 11 is 0. The maximum Gasteiger partial charge on any atom is 0.0655 e. The van der Waals surface area contributed by atoms with E-state index in [0.29, 0.717) is 0 Å². The minimum atomic E-state index is 0.0656. The van der Waals surface area contributed by atoms with Crippen molar-refractivity contribution in [2.45, 2.75) is 52.1 Å². The van der Waals surface area contributed by atoms with Crippen LogP contribution in [0.5, 0.6) is 0 Å². The number of nitrogens with zero attached hydrogens (tertiary/aromatic N) is 1. The molecule has 0 bridgehead atoms. The van der Waals surface area contributed by atoms with Crippen LogP contribution in [0.1, 0.15) is 46.5 Å². The Kier molecular flexibility index (Phi) is 5.26. The summed E-state index contributed by atoms with van der Waals surface area (Å²) in [5.41, 5.74) is 0.0656. The Morgan fingerprint density at radius 2 is 1.69 bits per heavy atom. The second-order valence-corrected chi connectivity index (χ2v) is 6.21. The van der Waals surface area contributed by atoms with E-state index in [1.54, 1.807) is 0 Å². The molecule has 1 aliphatic carbocycles. The lowest BCUT2D eigenvalue weighted by Gasteiger charge is -2.38. The van der Waals surface area contributed by atoms with Crippen molar-refractivity contribution in [3.63, 3.8) is 0 Å². The smallest absolute Gasteiger partial charge is 0.0655 e. The molecule has 0 unspecified atom stereocenters. The normalized spacial score (nSPS) is 27.4. The SMILES string of the molecule is CC1CCC(C(C)(C)OCCN(C)C)CC1. The summed E-state index contributed by atoms with van der Waals surface area (Å²) < 4.78 is 6.07. The summed E-state index contributed by atoms with van der Waals surface area (Å²) in [5, 5.41) is 0. The van der Waals surface area contributed by atoms with Crippen molar-refractivity contribution in [1.82, 2.24) is 4.90 Å². The lowest BCUT2D eigenvalue weighted by Crippen LogP contribution is -2.38. The van der Waals surface area contributed by atoms with Gasteiger partial charge in [0.25, 0.3) is 0 Å². The fraction of sp³-hybridized carbons (Fsp3) is 1.00. The molecule has 0 radical (unpaired) electrons. The van der Waals surface area contributed by atoms with E-state index in [4.69, 9.17) is 4.74 Å². The lowest BCUT2D eigenvalue weighted by molar-refractivity contribution is -0.0759. The van der Waals surface area contributed by atoms with Crippen molar-refractivity contribution in [1.29, 1.82) is 0 Å². The third kappa shape index (κ3) is 4.42. The molecule has 0 atom stereocenters. The fourth-order valence-corrected chi connectivity index (χ4v) is 2.56. The van der Waals surface area contributed by atoms with Crippen LogP contribution in [0.3, 0.4) is 0 Å². The minimum Gasteiger partial charge on any atom is -0.374 e. The molecule has 0 aromatic rings. The molecule has 0 spiro atoms. The van der Waals surface area contributed by atoms with Gasteiger partial charge in [-0.2, -0.15) is 0 Å². The van der Waals surface area contributed by atoms with Gasteiger partial charge < -0.3 is 9.64 Å². The Hall–Kier alpha value is -0.0800. The zero-order valence-electron chi connectivity index (χ0n) is 11.8. The second kappa shape index (κ2) is 6.02. The molecule has 2 nitrogen and oxygen atoms in total. The maximum atomic E-state index is 6.07. The molecule has 16 heavy (non-hydrogen) atoms. The van der Waals surface area contributed by atoms with Crippen molar-refractivity contribution >= 4 is 0 Å². The molecule has 96 valence electrons. The first-order valence-electron chi connectivity index (χ1n) is 6.70. The quantitative estimate of drug-likeness (QED) is 0.715. The molecule has 1 rings (SSSR count). The number of rotatable bonds is 5. The highest BCUT2D eigenvalue weighted by atomic mass is 16.5. The van der Waals surface area contributed by atoms with Crippen molar-refractivity contribution in [3.8, 4) is 0 Å². The molecule has 0 amide bonds. The summed E-state index contributed by atoms with van der Waals surface area (Å²) in [5.74, 6) is 1.68. The highest BCUT2D eigenvalue weighted by molar-refractivity contribution is 4.83. The van der Waals surface area contributed by atoms with Gasteiger partial charge in [0.2, 0.25) is 0 Å². The van der Waals surface area contributed by atoms with Crippen LogP contribution < -0.4 is 0 Å². The Morgan fingerprint density at radius 1 is 1.12 bits per heavy atom. The largest absolute Gasteiger partial charge is 0.374 e. The number of hydrogen-bond donors (Lipinski definition) is 0. The molecular weight excluding hydrogens is 198 g/mol. The molecule has 0 aromatic heterocycles. The number of hydrogen-bond acceptors (Lipinski definition) is 2. The third-order valence-corrected chi connectivity index (χ3v) is 4.01. The van der Waals surface area contributed by atoms with E-state index in [2.05, 4.69) is 39.8 Å². The average molecular weight is 227 g/mol. The van der Waals surface area contributed by atoms with E-state index in [1.165, 1.54) is 25.7 Å². The second-order valence-electron chi connectivity index (χ2n) is 6.21. The molecule has 1 fully saturated rings. The van der Waals surface area contributed by atoms with Gasteiger partial charge in [-0.15, -0.1) is 0 Å². The van der Waals surface area contributed by atoms with E-state index in [-0.39, 0.29) is 5.60 Å².